The Bertz CT molecular complexity index is 349. The standard InChI is InChI=1S/C12H19N3/c1-8-4-3-5-11(8)15-12-9(2)6-10(13)7-14-12/h6-8,11H,3-5,13H2,1-2H3,(H,14,15). The van der Waals surface area contributed by atoms with Gasteiger partial charge in [-0.2, -0.15) is 0 Å². The van der Waals surface area contributed by atoms with E-state index in [2.05, 4.69) is 17.2 Å². The molecule has 3 nitrogen and oxygen atoms in total. The zero-order valence-corrected chi connectivity index (χ0v) is 9.46. The molecule has 3 N–H and O–H groups in total. The Balaban J connectivity index is 2.10. The van der Waals surface area contributed by atoms with Gasteiger partial charge in [-0.05, 0) is 37.3 Å². The number of nitrogens with zero attached hydrogens (tertiary/aromatic N) is 1. The van der Waals surface area contributed by atoms with E-state index in [9.17, 15) is 0 Å². The van der Waals surface area contributed by atoms with E-state index < -0.39 is 0 Å². The van der Waals surface area contributed by atoms with Crippen LogP contribution >= 0.6 is 0 Å². The van der Waals surface area contributed by atoms with Crippen LogP contribution in [0.25, 0.3) is 0 Å². The van der Waals surface area contributed by atoms with Crippen LogP contribution in [0, 0.1) is 12.8 Å². The van der Waals surface area contributed by atoms with Gasteiger partial charge in [-0.3, -0.25) is 0 Å². The number of aryl methyl sites for hydroxylation is 1. The number of rotatable bonds is 2. The molecule has 2 unspecified atom stereocenters. The van der Waals surface area contributed by atoms with Gasteiger partial charge in [0, 0.05) is 6.04 Å². The Hall–Kier alpha value is -1.25. The van der Waals surface area contributed by atoms with Gasteiger partial charge in [-0.25, -0.2) is 4.98 Å². The highest BCUT2D eigenvalue weighted by molar-refractivity contribution is 5.51. The molecule has 3 heteroatoms. The fourth-order valence-electron chi connectivity index (χ4n) is 2.28. The van der Waals surface area contributed by atoms with Crippen molar-refractivity contribution < 1.29 is 0 Å². The lowest BCUT2D eigenvalue weighted by Crippen LogP contribution is -2.23. The molecule has 1 fully saturated rings. The predicted octanol–water partition coefficient (Wildman–Crippen LogP) is 2.57. The zero-order valence-electron chi connectivity index (χ0n) is 9.46. The highest BCUT2D eigenvalue weighted by Gasteiger charge is 2.23. The van der Waals surface area contributed by atoms with Crippen LogP contribution < -0.4 is 11.1 Å². The first-order chi connectivity index (χ1) is 7.16. The molecule has 0 radical (unpaired) electrons. The third-order valence-corrected chi connectivity index (χ3v) is 3.28. The number of nitrogen functional groups attached to an aromatic ring is 1. The highest BCUT2D eigenvalue weighted by atomic mass is 15.0. The molecule has 1 aliphatic carbocycles. The molecule has 0 saturated heterocycles. The van der Waals surface area contributed by atoms with Crippen molar-refractivity contribution in [3.8, 4) is 0 Å². The van der Waals surface area contributed by atoms with Crippen molar-refractivity contribution in [2.45, 2.75) is 39.2 Å². The topological polar surface area (TPSA) is 50.9 Å². The van der Waals surface area contributed by atoms with Crippen LogP contribution in [-0.4, -0.2) is 11.0 Å². The Morgan fingerprint density at radius 1 is 1.47 bits per heavy atom. The second-order valence-electron chi connectivity index (χ2n) is 4.59. The minimum atomic E-state index is 0.583. The molecule has 1 aromatic rings. The summed E-state index contributed by atoms with van der Waals surface area (Å²) in [7, 11) is 0. The lowest BCUT2D eigenvalue weighted by Gasteiger charge is -2.19. The van der Waals surface area contributed by atoms with E-state index in [0.717, 1.165) is 23.0 Å². The number of nitrogens with two attached hydrogens (primary N) is 1. The molecule has 0 bridgehead atoms. The fraction of sp³-hybridized carbons (Fsp3) is 0.583. The van der Waals surface area contributed by atoms with E-state index in [4.69, 9.17) is 5.73 Å². The Morgan fingerprint density at radius 3 is 2.87 bits per heavy atom. The van der Waals surface area contributed by atoms with Crippen LogP contribution in [0.2, 0.25) is 0 Å². The van der Waals surface area contributed by atoms with Gasteiger partial charge in [0.25, 0.3) is 0 Å². The number of nitrogens with one attached hydrogen (secondary N) is 1. The molecular weight excluding hydrogens is 186 g/mol. The molecule has 1 heterocycles. The van der Waals surface area contributed by atoms with Crippen molar-refractivity contribution >= 4 is 11.5 Å². The van der Waals surface area contributed by atoms with Crippen molar-refractivity contribution in [1.29, 1.82) is 0 Å². The molecule has 0 aliphatic heterocycles. The van der Waals surface area contributed by atoms with E-state index in [1.807, 2.05) is 13.0 Å². The largest absolute Gasteiger partial charge is 0.397 e. The van der Waals surface area contributed by atoms with Crippen LogP contribution in [0.3, 0.4) is 0 Å². The van der Waals surface area contributed by atoms with Gasteiger partial charge in [0.2, 0.25) is 0 Å². The van der Waals surface area contributed by atoms with Crippen LogP contribution in [0.4, 0.5) is 11.5 Å². The van der Waals surface area contributed by atoms with Crippen molar-refractivity contribution in [1.82, 2.24) is 4.98 Å². The summed E-state index contributed by atoms with van der Waals surface area (Å²) in [4.78, 5) is 4.34. The quantitative estimate of drug-likeness (QED) is 0.780. The highest BCUT2D eigenvalue weighted by Crippen LogP contribution is 2.28. The molecular formula is C12H19N3. The molecule has 0 spiro atoms. The van der Waals surface area contributed by atoms with Crippen molar-refractivity contribution in [2.24, 2.45) is 5.92 Å². The minimum absolute atomic E-state index is 0.583. The minimum Gasteiger partial charge on any atom is -0.397 e. The number of aromatic nitrogens is 1. The Labute approximate surface area is 91.1 Å². The maximum atomic E-state index is 5.67. The summed E-state index contributed by atoms with van der Waals surface area (Å²) in [6.45, 7) is 4.35. The first kappa shape index (κ1) is 10.3. The third kappa shape index (κ3) is 2.22. The summed E-state index contributed by atoms with van der Waals surface area (Å²) >= 11 is 0. The SMILES string of the molecule is Cc1cc(N)cnc1NC1CCCC1C. The van der Waals surface area contributed by atoms with Crippen LogP contribution in [0.5, 0.6) is 0 Å². The van der Waals surface area contributed by atoms with Crippen molar-refractivity contribution in [2.75, 3.05) is 11.1 Å². The second-order valence-corrected chi connectivity index (χ2v) is 4.59. The molecule has 0 amide bonds. The molecule has 1 saturated carbocycles. The van der Waals surface area contributed by atoms with Crippen LogP contribution in [-0.2, 0) is 0 Å². The number of anilines is 2. The smallest absolute Gasteiger partial charge is 0.129 e. The summed E-state index contributed by atoms with van der Waals surface area (Å²) in [5.41, 5.74) is 7.54. The molecule has 15 heavy (non-hydrogen) atoms. The number of hydrogen-bond donors (Lipinski definition) is 2. The van der Waals surface area contributed by atoms with Gasteiger partial charge in [0.1, 0.15) is 5.82 Å². The van der Waals surface area contributed by atoms with E-state index in [-0.39, 0.29) is 0 Å². The number of pyridine rings is 1. The summed E-state index contributed by atoms with van der Waals surface area (Å²) in [5, 5.41) is 3.52. The van der Waals surface area contributed by atoms with Gasteiger partial charge in [-0.15, -0.1) is 0 Å². The Kier molecular flexibility index (Phi) is 2.80. The van der Waals surface area contributed by atoms with Crippen LogP contribution in [0.1, 0.15) is 31.7 Å². The van der Waals surface area contributed by atoms with Gasteiger partial charge in [0.15, 0.2) is 0 Å². The molecule has 82 valence electrons. The normalized spacial score (nSPS) is 25.5. The molecule has 1 aliphatic rings. The summed E-state index contributed by atoms with van der Waals surface area (Å²) in [6.07, 6.45) is 5.63. The lowest BCUT2D eigenvalue weighted by atomic mass is 10.1. The summed E-state index contributed by atoms with van der Waals surface area (Å²) < 4.78 is 0. The van der Waals surface area contributed by atoms with Gasteiger partial charge < -0.3 is 11.1 Å². The van der Waals surface area contributed by atoms with E-state index >= 15 is 0 Å². The third-order valence-electron chi connectivity index (χ3n) is 3.28. The monoisotopic (exact) mass is 205 g/mol. The van der Waals surface area contributed by atoms with Gasteiger partial charge in [0.05, 0.1) is 11.9 Å². The average Bonchev–Trinajstić information content (AvgIpc) is 2.57. The van der Waals surface area contributed by atoms with Gasteiger partial charge >= 0.3 is 0 Å². The Morgan fingerprint density at radius 2 is 2.27 bits per heavy atom. The number of hydrogen-bond acceptors (Lipinski definition) is 3. The van der Waals surface area contributed by atoms with E-state index in [1.54, 1.807) is 6.20 Å². The second kappa shape index (κ2) is 4.09. The molecule has 1 aromatic heterocycles. The summed E-state index contributed by atoms with van der Waals surface area (Å²) in [5.74, 6) is 1.74. The zero-order chi connectivity index (χ0) is 10.8. The fourth-order valence-corrected chi connectivity index (χ4v) is 2.28. The summed E-state index contributed by atoms with van der Waals surface area (Å²) in [6, 6.07) is 2.55. The van der Waals surface area contributed by atoms with E-state index in [0.29, 0.717) is 6.04 Å². The van der Waals surface area contributed by atoms with E-state index in [1.165, 1.54) is 19.3 Å². The van der Waals surface area contributed by atoms with Crippen molar-refractivity contribution in [3.63, 3.8) is 0 Å². The molecule has 2 atom stereocenters. The predicted molar refractivity (Wildman–Crippen MR) is 63.8 cm³/mol. The maximum Gasteiger partial charge on any atom is 0.129 e. The van der Waals surface area contributed by atoms with Crippen molar-refractivity contribution in [3.05, 3.63) is 17.8 Å². The average molecular weight is 205 g/mol. The first-order valence-corrected chi connectivity index (χ1v) is 5.65. The first-order valence-electron chi connectivity index (χ1n) is 5.65. The molecule has 2 rings (SSSR count). The van der Waals surface area contributed by atoms with Gasteiger partial charge in [-0.1, -0.05) is 13.3 Å². The molecule has 0 aromatic carbocycles. The van der Waals surface area contributed by atoms with Crippen LogP contribution in [0.15, 0.2) is 12.3 Å². The lowest BCUT2D eigenvalue weighted by molar-refractivity contribution is 0.554. The maximum absolute atomic E-state index is 5.67.